The molecule has 0 aliphatic carbocycles. The normalized spacial score (nSPS) is 18.1. The Kier molecular flexibility index (Phi) is 8.20. The molecule has 0 spiro atoms. The van der Waals surface area contributed by atoms with Crippen molar-refractivity contribution in [2.45, 2.75) is 51.7 Å². The van der Waals surface area contributed by atoms with Gasteiger partial charge in [-0.2, -0.15) is 5.10 Å². The highest BCUT2D eigenvalue weighted by molar-refractivity contribution is 5.93. The van der Waals surface area contributed by atoms with E-state index < -0.39 is 5.54 Å². The molecular formula is C28H39N7O3. The molecule has 4 rings (SSSR count). The minimum Gasteiger partial charge on any atom is -0.339 e. The van der Waals surface area contributed by atoms with Crippen LogP contribution in [0.3, 0.4) is 0 Å². The maximum Gasteiger partial charge on any atom is 0.319 e. The highest BCUT2D eigenvalue weighted by atomic mass is 16.2. The van der Waals surface area contributed by atoms with Crippen LogP contribution >= 0.6 is 0 Å². The Morgan fingerprint density at radius 3 is 2.50 bits per heavy atom. The van der Waals surface area contributed by atoms with Gasteiger partial charge in [-0.05, 0) is 59.3 Å². The molecule has 0 radical (unpaired) electrons. The molecule has 1 aromatic heterocycles. The Labute approximate surface area is 224 Å². The number of hydrogen-bond acceptors (Lipinski definition) is 5. The molecule has 1 fully saturated rings. The zero-order chi connectivity index (χ0) is 27.4. The van der Waals surface area contributed by atoms with Gasteiger partial charge in [-0.3, -0.25) is 14.7 Å². The fraction of sp³-hybridized carbons (Fsp3) is 0.500. The first-order valence-electron chi connectivity index (χ1n) is 13.2. The molecule has 2 aliphatic rings. The number of rotatable bonds is 7. The lowest BCUT2D eigenvalue weighted by Gasteiger charge is -2.34. The maximum absolute atomic E-state index is 13.5. The van der Waals surface area contributed by atoms with E-state index >= 15 is 0 Å². The van der Waals surface area contributed by atoms with Crippen molar-refractivity contribution in [3.63, 3.8) is 0 Å². The van der Waals surface area contributed by atoms with Crippen molar-refractivity contribution < 1.29 is 14.4 Å². The Balaban J connectivity index is 1.42. The van der Waals surface area contributed by atoms with Gasteiger partial charge < -0.3 is 25.3 Å². The number of nitrogens with one attached hydrogen (secondary N) is 3. The summed E-state index contributed by atoms with van der Waals surface area (Å²) in [7, 11) is 3.97. The number of amides is 4. The van der Waals surface area contributed by atoms with Crippen LogP contribution < -0.4 is 10.6 Å². The molecule has 4 amide bonds. The van der Waals surface area contributed by atoms with Crippen LogP contribution in [0, 0.1) is 5.92 Å². The first-order valence-corrected chi connectivity index (χ1v) is 13.2. The second kappa shape index (κ2) is 11.4. The smallest absolute Gasteiger partial charge is 0.319 e. The Bertz CT molecular complexity index is 1180. The SMILES string of the molecule is C/C=C/C(=O)N1CCC(C(=O)Nc2n[nH]c3c2CN(C(=O)N[C@H](CN(C)C)c2ccccc2)C3(C)C)CC1. The largest absolute Gasteiger partial charge is 0.339 e. The van der Waals surface area contributed by atoms with Gasteiger partial charge in [0, 0.05) is 31.1 Å². The number of piperidine rings is 1. The zero-order valence-corrected chi connectivity index (χ0v) is 23.0. The lowest BCUT2D eigenvalue weighted by atomic mass is 9.95. The van der Waals surface area contributed by atoms with Crippen LogP contribution in [0.4, 0.5) is 10.6 Å². The van der Waals surface area contributed by atoms with Crippen LogP contribution in [0.1, 0.15) is 56.5 Å². The lowest BCUT2D eigenvalue weighted by molar-refractivity contribution is -0.130. The third-order valence-electron chi connectivity index (χ3n) is 7.49. The summed E-state index contributed by atoms with van der Waals surface area (Å²) in [6.45, 7) is 7.87. The number of likely N-dealkylation sites (tertiary alicyclic amines) is 1. The van der Waals surface area contributed by atoms with Gasteiger partial charge in [-0.25, -0.2) is 4.79 Å². The van der Waals surface area contributed by atoms with E-state index in [4.69, 9.17) is 0 Å². The number of allylic oxidation sites excluding steroid dienone is 1. The van der Waals surface area contributed by atoms with Crippen molar-refractivity contribution in [3.8, 4) is 0 Å². The molecule has 10 nitrogen and oxygen atoms in total. The highest BCUT2D eigenvalue weighted by Gasteiger charge is 2.44. The van der Waals surface area contributed by atoms with E-state index in [1.807, 2.05) is 70.1 Å². The van der Waals surface area contributed by atoms with Crippen LogP contribution in [-0.2, 0) is 21.7 Å². The first kappa shape index (κ1) is 27.4. The Morgan fingerprint density at radius 1 is 1.18 bits per heavy atom. The number of likely N-dealkylation sites (N-methyl/N-ethyl adjacent to an activating group) is 1. The van der Waals surface area contributed by atoms with E-state index in [2.05, 4.69) is 20.8 Å². The van der Waals surface area contributed by atoms with Crippen molar-refractivity contribution in [2.24, 2.45) is 5.92 Å². The van der Waals surface area contributed by atoms with Gasteiger partial charge in [-0.15, -0.1) is 0 Å². The van der Waals surface area contributed by atoms with Crippen LogP contribution in [0.15, 0.2) is 42.5 Å². The monoisotopic (exact) mass is 521 g/mol. The summed E-state index contributed by atoms with van der Waals surface area (Å²) in [5.74, 6) is 0.155. The summed E-state index contributed by atoms with van der Waals surface area (Å²) < 4.78 is 0. The first-order chi connectivity index (χ1) is 18.1. The molecule has 1 aromatic carbocycles. The van der Waals surface area contributed by atoms with Crippen molar-refractivity contribution in [2.75, 3.05) is 39.0 Å². The number of aromatic amines is 1. The molecule has 0 saturated carbocycles. The van der Waals surface area contributed by atoms with Crippen LogP contribution in [0.25, 0.3) is 0 Å². The number of aromatic nitrogens is 2. The average molecular weight is 522 g/mol. The van der Waals surface area contributed by atoms with Crippen LogP contribution in [-0.4, -0.2) is 76.5 Å². The predicted octanol–water partition coefficient (Wildman–Crippen LogP) is 3.23. The molecule has 1 atom stereocenters. The lowest BCUT2D eigenvalue weighted by Crippen LogP contribution is -2.48. The second-order valence-corrected chi connectivity index (χ2v) is 10.8. The van der Waals surface area contributed by atoms with Crippen molar-refractivity contribution in [1.29, 1.82) is 0 Å². The summed E-state index contributed by atoms with van der Waals surface area (Å²) in [6.07, 6.45) is 4.50. The molecule has 38 heavy (non-hydrogen) atoms. The number of anilines is 1. The minimum atomic E-state index is -0.632. The number of fused-ring (bicyclic) bond motifs is 1. The highest BCUT2D eigenvalue weighted by Crippen LogP contribution is 2.41. The van der Waals surface area contributed by atoms with E-state index in [1.165, 1.54) is 0 Å². The molecule has 2 aliphatic heterocycles. The maximum atomic E-state index is 13.5. The summed E-state index contributed by atoms with van der Waals surface area (Å²) >= 11 is 0. The Morgan fingerprint density at radius 2 is 1.87 bits per heavy atom. The minimum absolute atomic E-state index is 0.0165. The number of nitrogens with zero attached hydrogens (tertiary/aromatic N) is 4. The molecular weight excluding hydrogens is 482 g/mol. The third-order valence-corrected chi connectivity index (χ3v) is 7.49. The van der Waals surface area contributed by atoms with Crippen molar-refractivity contribution in [3.05, 3.63) is 59.3 Å². The van der Waals surface area contributed by atoms with Crippen LogP contribution in [0.5, 0.6) is 0 Å². The number of carbonyl (C=O) groups excluding carboxylic acids is 3. The van der Waals surface area contributed by atoms with E-state index in [1.54, 1.807) is 22.0 Å². The predicted molar refractivity (Wildman–Crippen MR) is 146 cm³/mol. The quantitative estimate of drug-likeness (QED) is 0.484. The fourth-order valence-corrected chi connectivity index (χ4v) is 5.29. The summed E-state index contributed by atoms with van der Waals surface area (Å²) in [5.41, 5.74) is 2.05. The number of urea groups is 1. The van der Waals surface area contributed by atoms with Gasteiger partial charge in [0.2, 0.25) is 11.8 Å². The Hall–Kier alpha value is -3.66. The van der Waals surface area contributed by atoms with E-state index in [9.17, 15) is 14.4 Å². The van der Waals surface area contributed by atoms with Crippen molar-refractivity contribution >= 4 is 23.7 Å². The standard InChI is InChI=1S/C28H39N7O3/c1-6-10-23(36)34-15-13-20(14-16-34)26(37)30-25-21-17-35(28(2,3)24(21)31-32-25)27(38)29-22(18-33(4)5)19-11-8-7-9-12-19/h6-12,20,22H,13-18H2,1-5H3,(H,29,38)(H2,30,31,32,37)/b10-6+/t22-/m1/s1. The molecule has 2 aromatic rings. The summed E-state index contributed by atoms with van der Waals surface area (Å²) in [5, 5.41) is 13.6. The van der Waals surface area contributed by atoms with Crippen molar-refractivity contribution in [1.82, 2.24) is 30.2 Å². The van der Waals surface area contributed by atoms with E-state index in [0.717, 1.165) is 16.8 Å². The molecule has 3 N–H and O–H groups in total. The third kappa shape index (κ3) is 5.75. The number of carbonyl (C=O) groups is 3. The van der Waals surface area contributed by atoms with Gasteiger partial charge in [0.15, 0.2) is 5.82 Å². The van der Waals surface area contributed by atoms with Gasteiger partial charge in [0.25, 0.3) is 0 Å². The molecule has 1 saturated heterocycles. The molecule has 204 valence electrons. The molecule has 3 heterocycles. The second-order valence-electron chi connectivity index (χ2n) is 10.8. The fourth-order valence-electron chi connectivity index (χ4n) is 5.29. The average Bonchev–Trinajstić information content (AvgIpc) is 3.41. The van der Waals surface area contributed by atoms with Gasteiger partial charge >= 0.3 is 6.03 Å². The zero-order valence-electron chi connectivity index (χ0n) is 23.0. The topological polar surface area (TPSA) is 114 Å². The summed E-state index contributed by atoms with van der Waals surface area (Å²) in [4.78, 5) is 44.3. The van der Waals surface area contributed by atoms with Gasteiger partial charge in [-0.1, -0.05) is 36.4 Å². The molecule has 10 heteroatoms. The van der Waals surface area contributed by atoms with E-state index in [0.29, 0.717) is 44.8 Å². The van der Waals surface area contributed by atoms with Gasteiger partial charge in [0.05, 0.1) is 23.8 Å². The number of benzene rings is 1. The molecule has 0 bridgehead atoms. The molecule has 0 unspecified atom stereocenters. The van der Waals surface area contributed by atoms with Crippen LogP contribution in [0.2, 0.25) is 0 Å². The summed E-state index contributed by atoms with van der Waals surface area (Å²) in [6, 6.07) is 9.60. The number of H-pyrrole nitrogens is 1. The van der Waals surface area contributed by atoms with E-state index in [-0.39, 0.29) is 29.8 Å². The number of hydrogen-bond donors (Lipinski definition) is 3. The van der Waals surface area contributed by atoms with Gasteiger partial charge in [0.1, 0.15) is 0 Å².